The van der Waals surface area contributed by atoms with Gasteiger partial charge in [-0.3, -0.25) is 9.05 Å². The highest BCUT2D eigenvalue weighted by Crippen LogP contribution is 2.54. The van der Waals surface area contributed by atoms with Crippen LogP contribution in [0.15, 0.2) is 11.3 Å². The third kappa shape index (κ3) is 10.1. The van der Waals surface area contributed by atoms with Gasteiger partial charge in [0.05, 0.1) is 24.7 Å². The number of carbonyl (C=O) groups is 1. The van der Waals surface area contributed by atoms with Gasteiger partial charge in [-0.2, -0.15) is 0 Å². The van der Waals surface area contributed by atoms with Crippen molar-refractivity contribution in [3.63, 3.8) is 0 Å². The Hall–Kier alpha value is -0.880. The Morgan fingerprint density at radius 1 is 0.871 bits per heavy atom. The summed E-state index contributed by atoms with van der Waals surface area (Å²) < 4.78 is 33.9. The number of cyclic esters (lactones) is 1. The smallest absolute Gasteiger partial charge is 0.461 e. The number of fused-ring (bicyclic) bond motifs is 1. The van der Waals surface area contributed by atoms with Gasteiger partial charge in [0.1, 0.15) is 12.4 Å². The molecule has 0 aromatic heterocycles. The normalized spacial score (nSPS) is 23.4. The predicted molar refractivity (Wildman–Crippen MR) is 119 cm³/mol. The summed E-state index contributed by atoms with van der Waals surface area (Å²) in [4.78, 5) is 11.7. The van der Waals surface area contributed by atoms with E-state index >= 15 is 0 Å². The van der Waals surface area contributed by atoms with Crippen molar-refractivity contribution in [2.75, 3.05) is 26.4 Å². The molecule has 1 fully saturated rings. The number of allylic oxidation sites excluding steroid dienone is 1. The zero-order chi connectivity index (χ0) is 22.4. The van der Waals surface area contributed by atoms with Crippen LogP contribution >= 0.6 is 7.82 Å². The molecule has 0 aromatic carbocycles. The lowest BCUT2D eigenvalue weighted by molar-refractivity contribution is -0.135. The lowest BCUT2D eigenvalue weighted by Crippen LogP contribution is -2.10. The number of aliphatic hydroxyl groups excluding tert-OH is 1. The maximum absolute atomic E-state index is 12.7. The van der Waals surface area contributed by atoms with Crippen LogP contribution in [0.1, 0.15) is 96.8 Å². The molecule has 2 aliphatic heterocycles. The molecule has 0 amide bonds. The topological polar surface area (TPSA) is 91.3 Å². The van der Waals surface area contributed by atoms with Crippen molar-refractivity contribution < 1.29 is 32.8 Å². The summed E-state index contributed by atoms with van der Waals surface area (Å²) in [7, 11) is -3.66. The Bertz CT molecular complexity index is 605. The predicted octanol–water partition coefficient (Wildman–Crippen LogP) is 6.06. The SMILES string of the molecule is CC1=C2C(=O)OC[C@@H]2CO[P@@](=O)(OCCCCCCCCCCCCCCCCO)O1. The molecule has 1 saturated heterocycles. The fourth-order valence-electron chi connectivity index (χ4n) is 4.07. The molecule has 0 spiro atoms. The molecule has 2 atom stereocenters. The maximum atomic E-state index is 12.7. The second-order valence-electron chi connectivity index (χ2n) is 8.61. The molecule has 2 aliphatic rings. The van der Waals surface area contributed by atoms with E-state index in [-0.39, 0.29) is 24.9 Å². The molecule has 31 heavy (non-hydrogen) atoms. The lowest BCUT2D eigenvalue weighted by Gasteiger charge is -2.17. The highest BCUT2D eigenvalue weighted by molar-refractivity contribution is 7.48. The number of unbranched alkanes of at least 4 members (excludes halogenated alkanes) is 13. The largest absolute Gasteiger partial charge is 0.529 e. The van der Waals surface area contributed by atoms with E-state index in [1.165, 1.54) is 57.8 Å². The number of hydrogen-bond acceptors (Lipinski definition) is 7. The summed E-state index contributed by atoms with van der Waals surface area (Å²) in [6, 6.07) is 0. The molecule has 0 bridgehead atoms. The molecule has 0 saturated carbocycles. The summed E-state index contributed by atoms with van der Waals surface area (Å²) in [6.07, 6.45) is 16.8. The van der Waals surface area contributed by atoms with Crippen molar-refractivity contribution in [1.82, 2.24) is 0 Å². The van der Waals surface area contributed by atoms with Crippen molar-refractivity contribution >= 4 is 13.8 Å². The van der Waals surface area contributed by atoms with Gasteiger partial charge in [0.25, 0.3) is 0 Å². The minimum atomic E-state index is -3.66. The van der Waals surface area contributed by atoms with Crippen LogP contribution in [0.2, 0.25) is 0 Å². The minimum absolute atomic E-state index is 0.111. The monoisotopic (exact) mass is 460 g/mol. The standard InChI is InChI=1S/C23H41O7P/c1-20-22-21(18-27-23(22)25)19-29-31(26,30-20)28-17-15-13-11-9-7-5-3-2-4-6-8-10-12-14-16-24/h21,24H,2-19H2,1H3/t21-,31-/m1/s1. The van der Waals surface area contributed by atoms with Crippen molar-refractivity contribution in [1.29, 1.82) is 0 Å². The molecule has 2 rings (SSSR count). The summed E-state index contributed by atoms with van der Waals surface area (Å²) in [5, 5.41) is 8.74. The average Bonchev–Trinajstić information content (AvgIpc) is 3.06. The van der Waals surface area contributed by atoms with Gasteiger partial charge in [0, 0.05) is 6.61 Å². The second kappa shape index (κ2) is 15.0. The van der Waals surface area contributed by atoms with Crippen LogP contribution in [0.4, 0.5) is 0 Å². The molecule has 0 aromatic rings. The van der Waals surface area contributed by atoms with E-state index in [0.717, 1.165) is 32.1 Å². The Morgan fingerprint density at radius 2 is 1.39 bits per heavy atom. The Balaban J connectivity index is 1.42. The molecule has 2 heterocycles. The van der Waals surface area contributed by atoms with E-state index in [0.29, 0.717) is 18.8 Å². The van der Waals surface area contributed by atoms with Gasteiger partial charge in [-0.25, -0.2) is 9.36 Å². The summed E-state index contributed by atoms with van der Waals surface area (Å²) in [5.74, 6) is -0.368. The third-order valence-electron chi connectivity index (χ3n) is 5.91. The number of ether oxygens (including phenoxy) is 1. The Morgan fingerprint density at radius 3 is 1.94 bits per heavy atom. The molecule has 7 nitrogen and oxygen atoms in total. The van der Waals surface area contributed by atoms with Crippen LogP contribution in [-0.4, -0.2) is 37.5 Å². The van der Waals surface area contributed by atoms with Crippen molar-refractivity contribution in [2.24, 2.45) is 5.92 Å². The van der Waals surface area contributed by atoms with Gasteiger partial charge in [-0.05, 0) is 19.8 Å². The number of phosphoric acid groups is 1. The zero-order valence-electron chi connectivity index (χ0n) is 19.1. The van der Waals surface area contributed by atoms with Crippen molar-refractivity contribution in [3.8, 4) is 0 Å². The van der Waals surface area contributed by atoms with Crippen LogP contribution in [-0.2, 0) is 27.7 Å². The number of esters is 1. The number of phosphoric ester groups is 1. The first-order valence-corrected chi connectivity index (χ1v) is 13.6. The first-order valence-electron chi connectivity index (χ1n) is 12.1. The molecule has 180 valence electrons. The van der Waals surface area contributed by atoms with Gasteiger partial charge >= 0.3 is 13.8 Å². The lowest BCUT2D eigenvalue weighted by atomic mass is 10.0. The van der Waals surface area contributed by atoms with Crippen LogP contribution in [0, 0.1) is 5.92 Å². The first-order chi connectivity index (χ1) is 15.1. The van der Waals surface area contributed by atoms with Gasteiger partial charge in [-0.1, -0.05) is 77.0 Å². The zero-order valence-corrected chi connectivity index (χ0v) is 20.0. The average molecular weight is 461 g/mol. The number of rotatable bonds is 17. The maximum Gasteiger partial charge on any atom is 0.529 e. The molecule has 0 aliphatic carbocycles. The fraction of sp³-hybridized carbons (Fsp3) is 0.870. The van der Waals surface area contributed by atoms with Crippen LogP contribution in [0.25, 0.3) is 0 Å². The Labute approximate surface area is 187 Å². The van der Waals surface area contributed by atoms with Crippen LogP contribution < -0.4 is 0 Å². The van der Waals surface area contributed by atoms with E-state index in [2.05, 4.69) is 0 Å². The van der Waals surface area contributed by atoms with E-state index in [9.17, 15) is 9.36 Å². The molecule has 0 radical (unpaired) electrons. The summed E-state index contributed by atoms with van der Waals surface area (Å²) in [6.45, 7) is 2.61. The number of hydrogen-bond donors (Lipinski definition) is 1. The molecular weight excluding hydrogens is 419 g/mol. The quantitative estimate of drug-likeness (QED) is 0.160. The Kier molecular flexibility index (Phi) is 12.8. The van der Waals surface area contributed by atoms with E-state index in [1.54, 1.807) is 6.92 Å². The minimum Gasteiger partial charge on any atom is -0.461 e. The van der Waals surface area contributed by atoms with Gasteiger partial charge < -0.3 is 14.4 Å². The summed E-state index contributed by atoms with van der Waals surface area (Å²) >= 11 is 0. The van der Waals surface area contributed by atoms with Gasteiger partial charge in [0.2, 0.25) is 0 Å². The van der Waals surface area contributed by atoms with Crippen LogP contribution in [0.5, 0.6) is 0 Å². The van der Waals surface area contributed by atoms with Crippen molar-refractivity contribution in [3.05, 3.63) is 11.3 Å². The third-order valence-corrected chi connectivity index (χ3v) is 7.37. The van der Waals surface area contributed by atoms with Gasteiger partial charge in [-0.15, -0.1) is 0 Å². The first kappa shape index (κ1) is 26.4. The molecule has 0 unspecified atom stereocenters. The second-order valence-corrected chi connectivity index (χ2v) is 10.2. The van der Waals surface area contributed by atoms with E-state index in [4.69, 9.17) is 23.4 Å². The molecular formula is C23H41O7P. The highest BCUT2D eigenvalue weighted by Gasteiger charge is 2.42. The number of carbonyl (C=O) groups excluding carboxylic acids is 1. The van der Waals surface area contributed by atoms with E-state index < -0.39 is 13.8 Å². The number of aliphatic hydroxyl groups is 1. The molecule has 8 heteroatoms. The van der Waals surface area contributed by atoms with E-state index in [1.807, 2.05) is 0 Å². The van der Waals surface area contributed by atoms with Gasteiger partial charge in [0.15, 0.2) is 0 Å². The summed E-state index contributed by atoms with van der Waals surface area (Å²) in [5.41, 5.74) is 0.416. The van der Waals surface area contributed by atoms with Crippen molar-refractivity contribution in [2.45, 2.75) is 96.8 Å². The highest BCUT2D eigenvalue weighted by atomic mass is 31.2. The fourth-order valence-corrected chi connectivity index (χ4v) is 5.40. The van der Waals surface area contributed by atoms with Crippen LogP contribution in [0.3, 0.4) is 0 Å². The molecule has 1 N–H and O–H groups in total.